The molecule has 2 atom stereocenters. The number of aliphatic carboxylic acids is 1. The maximum atomic E-state index is 12.6. The molecule has 23 heavy (non-hydrogen) atoms. The molecule has 1 heterocycles. The molecule has 2 aliphatic carbocycles. The van der Waals surface area contributed by atoms with Gasteiger partial charge in [-0.3, -0.25) is 4.79 Å². The van der Waals surface area contributed by atoms with E-state index in [1.54, 1.807) is 0 Å². The van der Waals surface area contributed by atoms with Crippen molar-refractivity contribution >= 4 is 28.2 Å². The van der Waals surface area contributed by atoms with Gasteiger partial charge in [0.2, 0.25) is 5.91 Å². The summed E-state index contributed by atoms with van der Waals surface area (Å²) in [7, 11) is 0. The SMILES string of the molecule is N#Cc1c(NC(=O)[C@@H]2CCCC[C@H]2C(=O)[O-])sc2c1CCCC2. The van der Waals surface area contributed by atoms with E-state index in [-0.39, 0.29) is 5.91 Å². The molecule has 1 fully saturated rings. The number of anilines is 1. The highest BCUT2D eigenvalue weighted by Crippen LogP contribution is 2.38. The van der Waals surface area contributed by atoms with Gasteiger partial charge >= 0.3 is 0 Å². The van der Waals surface area contributed by atoms with Crippen LogP contribution in [0.4, 0.5) is 5.00 Å². The summed E-state index contributed by atoms with van der Waals surface area (Å²) >= 11 is 1.47. The van der Waals surface area contributed by atoms with Gasteiger partial charge in [-0.25, -0.2) is 0 Å². The van der Waals surface area contributed by atoms with Crippen LogP contribution in [-0.2, 0) is 22.4 Å². The Morgan fingerprint density at radius 1 is 1.13 bits per heavy atom. The van der Waals surface area contributed by atoms with E-state index in [1.807, 2.05) is 0 Å². The number of rotatable bonds is 3. The molecular weight excluding hydrogens is 312 g/mol. The summed E-state index contributed by atoms with van der Waals surface area (Å²) in [5, 5.41) is 24.1. The van der Waals surface area contributed by atoms with Gasteiger partial charge in [0, 0.05) is 22.7 Å². The number of fused-ring (bicyclic) bond motifs is 1. The zero-order valence-electron chi connectivity index (χ0n) is 12.9. The number of aryl methyl sites for hydroxylation is 1. The van der Waals surface area contributed by atoms with Crippen molar-refractivity contribution in [1.82, 2.24) is 0 Å². The predicted octanol–water partition coefficient (Wildman–Crippen LogP) is 1.99. The molecule has 1 amide bonds. The van der Waals surface area contributed by atoms with Crippen molar-refractivity contribution in [2.75, 3.05) is 5.32 Å². The standard InChI is InChI=1S/C17H20N2O3S/c18-9-13-10-5-3-4-8-14(10)23-16(13)19-15(20)11-6-1-2-7-12(11)17(21)22/h11-12H,1-8H2,(H,19,20)(H,21,22)/p-1/t11-,12-/m1/s1. The Labute approximate surface area is 139 Å². The Morgan fingerprint density at radius 3 is 2.52 bits per heavy atom. The van der Waals surface area contributed by atoms with Crippen molar-refractivity contribution in [3.05, 3.63) is 16.0 Å². The van der Waals surface area contributed by atoms with E-state index < -0.39 is 17.8 Å². The average molecular weight is 331 g/mol. The lowest BCUT2D eigenvalue weighted by molar-refractivity contribution is -0.313. The molecule has 0 spiro atoms. The number of hydrogen-bond donors (Lipinski definition) is 1. The molecule has 0 unspecified atom stereocenters. The molecule has 0 bridgehead atoms. The van der Waals surface area contributed by atoms with E-state index in [2.05, 4.69) is 11.4 Å². The number of nitrogens with zero attached hydrogens (tertiary/aromatic N) is 1. The number of carbonyl (C=O) groups excluding carboxylic acids is 2. The summed E-state index contributed by atoms with van der Waals surface area (Å²) in [4.78, 5) is 25.0. The van der Waals surface area contributed by atoms with Crippen LogP contribution in [0.25, 0.3) is 0 Å². The van der Waals surface area contributed by atoms with Gasteiger partial charge in [0.15, 0.2) is 0 Å². The molecule has 2 aliphatic rings. The molecular formula is C17H19N2O3S-. The molecule has 1 saturated carbocycles. The molecule has 1 aromatic heterocycles. The predicted molar refractivity (Wildman–Crippen MR) is 84.8 cm³/mol. The van der Waals surface area contributed by atoms with Crippen molar-refractivity contribution in [2.24, 2.45) is 11.8 Å². The first-order valence-electron chi connectivity index (χ1n) is 8.18. The first kappa shape index (κ1) is 16.0. The van der Waals surface area contributed by atoms with Crippen LogP contribution >= 0.6 is 11.3 Å². The smallest absolute Gasteiger partial charge is 0.228 e. The molecule has 0 aliphatic heterocycles. The fourth-order valence-electron chi connectivity index (χ4n) is 3.70. The molecule has 5 nitrogen and oxygen atoms in total. The third-order valence-electron chi connectivity index (χ3n) is 4.93. The second kappa shape index (κ2) is 6.71. The Balaban J connectivity index is 1.81. The third-order valence-corrected chi connectivity index (χ3v) is 6.13. The van der Waals surface area contributed by atoms with Crippen LogP contribution in [-0.4, -0.2) is 11.9 Å². The van der Waals surface area contributed by atoms with Gasteiger partial charge in [-0.05, 0) is 44.1 Å². The molecule has 3 rings (SSSR count). The van der Waals surface area contributed by atoms with Gasteiger partial charge < -0.3 is 15.2 Å². The van der Waals surface area contributed by atoms with Crippen LogP contribution in [0, 0.1) is 23.2 Å². The Hall–Kier alpha value is -1.87. The second-order valence-corrected chi connectivity index (χ2v) is 7.44. The zero-order chi connectivity index (χ0) is 16.4. The highest BCUT2D eigenvalue weighted by Gasteiger charge is 2.33. The number of carboxylic acids is 1. The number of nitrogens with one attached hydrogen (secondary N) is 1. The van der Waals surface area contributed by atoms with E-state index >= 15 is 0 Å². The van der Waals surface area contributed by atoms with Gasteiger partial charge in [0.05, 0.1) is 5.56 Å². The first-order chi connectivity index (χ1) is 11.1. The van der Waals surface area contributed by atoms with E-state index in [4.69, 9.17) is 0 Å². The first-order valence-corrected chi connectivity index (χ1v) is 9.00. The monoisotopic (exact) mass is 331 g/mol. The van der Waals surface area contributed by atoms with Crippen molar-refractivity contribution in [2.45, 2.75) is 51.4 Å². The minimum Gasteiger partial charge on any atom is -0.550 e. The Morgan fingerprint density at radius 2 is 1.83 bits per heavy atom. The lowest BCUT2D eigenvalue weighted by atomic mass is 9.78. The van der Waals surface area contributed by atoms with Gasteiger partial charge in [0.25, 0.3) is 0 Å². The third kappa shape index (κ3) is 3.11. The van der Waals surface area contributed by atoms with Crippen molar-refractivity contribution in [3.63, 3.8) is 0 Å². The van der Waals surface area contributed by atoms with Crippen LogP contribution in [0.5, 0.6) is 0 Å². The van der Waals surface area contributed by atoms with E-state index in [0.29, 0.717) is 23.4 Å². The number of thiophene rings is 1. The zero-order valence-corrected chi connectivity index (χ0v) is 13.7. The fourth-order valence-corrected chi connectivity index (χ4v) is 4.95. The molecule has 0 radical (unpaired) electrons. The summed E-state index contributed by atoms with van der Waals surface area (Å²) < 4.78 is 0. The maximum Gasteiger partial charge on any atom is 0.228 e. The summed E-state index contributed by atoms with van der Waals surface area (Å²) in [6.07, 6.45) is 6.75. The summed E-state index contributed by atoms with van der Waals surface area (Å²) in [5.41, 5.74) is 1.64. The van der Waals surface area contributed by atoms with Crippen molar-refractivity contribution in [3.8, 4) is 6.07 Å². The van der Waals surface area contributed by atoms with E-state index in [1.165, 1.54) is 16.2 Å². The van der Waals surface area contributed by atoms with Crippen LogP contribution < -0.4 is 10.4 Å². The van der Waals surface area contributed by atoms with Gasteiger partial charge in [-0.15, -0.1) is 11.3 Å². The number of hydrogen-bond acceptors (Lipinski definition) is 5. The van der Waals surface area contributed by atoms with Crippen molar-refractivity contribution in [1.29, 1.82) is 5.26 Å². The quantitative estimate of drug-likeness (QED) is 0.916. The minimum absolute atomic E-state index is 0.283. The summed E-state index contributed by atoms with van der Waals surface area (Å²) in [5.74, 6) is -2.70. The van der Waals surface area contributed by atoms with Crippen LogP contribution in [0.2, 0.25) is 0 Å². The molecule has 0 saturated heterocycles. The second-order valence-electron chi connectivity index (χ2n) is 6.33. The van der Waals surface area contributed by atoms with Crippen LogP contribution in [0.3, 0.4) is 0 Å². The summed E-state index contributed by atoms with van der Waals surface area (Å²) in [6.45, 7) is 0. The Bertz CT molecular complexity index is 674. The van der Waals surface area contributed by atoms with E-state index in [0.717, 1.165) is 44.1 Å². The molecule has 1 N–H and O–H groups in total. The molecule has 0 aromatic carbocycles. The Kier molecular flexibility index (Phi) is 4.67. The van der Waals surface area contributed by atoms with Crippen molar-refractivity contribution < 1.29 is 14.7 Å². The largest absolute Gasteiger partial charge is 0.550 e. The van der Waals surface area contributed by atoms with Crippen LogP contribution in [0.15, 0.2) is 0 Å². The van der Waals surface area contributed by atoms with Crippen LogP contribution in [0.1, 0.15) is 54.5 Å². The van der Waals surface area contributed by atoms with Gasteiger partial charge in [0.1, 0.15) is 11.1 Å². The number of carbonyl (C=O) groups is 2. The highest BCUT2D eigenvalue weighted by molar-refractivity contribution is 7.16. The topological polar surface area (TPSA) is 93.0 Å². The molecule has 1 aromatic rings. The lowest BCUT2D eigenvalue weighted by Gasteiger charge is -2.31. The minimum atomic E-state index is -1.14. The number of carboxylic acid groups (broad SMARTS) is 1. The van der Waals surface area contributed by atoms with Gasteiger partial charge in [-0.2, -0.15) is 5.26 Å². The lowest BCUT2D eigenvalue weighted by Crippen LogP contribution is -2.42. The fraction of sp³-hybridized carbons (Fsp3) is 0.588. The van der Waals surface area contributed by atoms with E-state index in [9.17, 15) is 20.0 Å². The number of nitriles is 1. The maximum absolute atomic E-state index is 12.6. The average Bonchev–Trinajstić information content (AvgIpc) is 2.91. The normalized spacial score (nSPS) is 23.6. The summed E-state index contributed by atoms with van der Waals surface area (Å²) in [6, 6.07) is 2.21. The molecule has 6 heteroatoms. The molecule has 122 valence electrons. The number of amides is 1. The highest BCUT2D eigenvalue weighted by atomic mass is 32.1. The van der Waals surface area contributed by atoms with Gasteiger partial charge in [-0.1, -0.05) is 12.8 Å².